The summed E-state index contributed by atoms with van der Waals surface area (Å²) in [5, 5.41) is 21.7. The Labute approximate surface area is 332 Å². The number of benzene rings is 1. The van der Waals surface area contributed by atoms with Crippen LogP contribution in [-0.2, 0) is 24.4 Å². The third-order valence-corrected chi connectivity index (χ3v) is 14.5. The lowest BCUT2D eigenvalue weighted by Crippen LogP contribution is -2.66. The predicted molar refractivity (Wildman–Crippen MR) is 202 cm³/mol. The molecule has 20 heteroatoms. The highest BCUT2D eigenvalue weighted by atomic mass is 32.2. The van der Waals surface area contributed by atoms with Crippen molar-refractivity contribution in [2.24, 2.45) is 17.8 Å². The Hall–Kier alpha value is -5.01. The first-order chi connectivity index (χ1) is 27.1. The molecule has 58 heavy (non-hydrogen) atoms. The first-order valence-corrected chi connectivity index (χ1v) is 20.8. The molecule has 3 N–H and O–H groups in total. The van der Waals surface area contributed by atoms with Gasteiger partial charge in [-0.3, -0.25) is 28.4 Å². The van der Waals surface area contributed by atoms with Crippen molar-refractivity contribution in [3.8, 4) is 5.88 Å². The van der Waals surface area contributed by atoms with E-state index in [-0.39, 0.29) is 48.3 Å². The lowest BCUT2D eigenvalue weighted by atomic mass is 9.85. The number of para-hydroxylation sites is 1. The van der Waals surface area contributed by atoms with Crippen LogP contribution in [-0.4, -0.2) is 113 Å². The van der Waals surface area contributed by atoms with Crippen molar-refractivity contribution in [1.29, 1.82) is 0 Å². The molecule has 1 saturated heterocycles. The van der Waals surface area contributed by atoms with Crippen molar-refractivity contribution in [3.05, 3.63) is 42.7 Å². The number of aromatic nitrogens is 4. The van der Waals surface area contributed by atoms with Crippen molar-refractivity contribution in [2.75, 3.05) is 6.54 Å². The monoisotopic (exact) mass is 832 g/mol. The van der Waals surface area contributed by atoms with Crippen LogP contribution in [0.1, 0.15) is 79.6 Å². The Balaban J connectivity index is 1.30. The maximum absolute atomic E-state index is 15.0. The quantitative estimate of drug-likeness (QED) is 0.288. The molecule has 0 radical (unpaired) electrons. The molecule has 2 aliphatic heterocycles. The van der Waals surface area contributed by atoms with E-state index in [2.05, 4.69) is 25.2 Å². The number of alkyl halides is 3. The van der Waals surface area contributed by atoms with Gasteiger partial charge in [0.2, 0.25) is 27.7 Å². The van der Waals surface area contributed by atoms with E-state index >= 15 is 4.79 Å². The van der Waals surface area contributed by atoms with Gasteiger partial charge in [-0.1, -0.05) is 38.1 Å². The Kier molecular flexibility index (Phi) is 10.2. The zero-order valence-corrected chi connectivity index (χ0v) is 33.5. The summed E-state index contributed by atoms with van der Waals surface area (Å²) >= 11 is 0. The SMILES string of the molecule is C[C@@H]1CC/C=C\[C@@H]2C[C@@]2(C(=O)NS(=O)(=O)C2(C)CC2)NC(=O)[C@@H]2C[C@@H](Oc3nc4nncn4c4ccccc34)CN2C(=O)[C@@H](N(C(=O)O)C(C)(C)C(F)(F)F)[C@H](C)C1. The van der Waals surface area contributed by atoms with Crippen LogP contribution in [0.5, 0.6) is 5.88 Å². The molecule has 3 fully saturated rings. The van der Waals surface area contributed by atoms with Gasteiger partial charge in [0.1, 0.15) is 35.6 Å². The van der Waals surface area contributed by atoms with Gasteiger partial charge in [0, 0.05) is 12.3 Å². The fraction of sp³-hybridized carbons (Fsp3) is 0.605. The summed E-state index contributed by atoms with van der Waals surface area (Å²) in [6.07, 6.45) is -1.46. The minimum Gasteiger partial charge on any atom is -0.472 e. The molecule has 314 valence electrons. The second-order valence-electron chi connectivity index (χ2n) is 17.1. The number of carboxylic acid groups (broad SMARTS) is 1. The van der Waals surface area contributed by atoms with E-state index in [1.807, 2.05) is 6.92 Å². The van der Waals surface area contributed by atoms with Gasteiger partial charge in [-0.2, -0.15) is 18.2 Å². The molecule has 2 aromatic heterocycles. The van der Waals surface area contributed by atoms with E-state index in [9.17, 15) is 41.1 Å². The molecule has 16 nitrogen and oxygen atoms in total. The second kappa shape index (κ2) is 14.4. The largest absolute Gasteiger partial charge is 0.472 e. The molecular weight excluding hydrogens is 786 g/mol. The average Bonchev–Trinajstić information content (AvgIpc) is 3.92. The van der Waals surface area contributed by atoms with E-state index in [0.29, 0.717) is 50.4 Å². The van der Waals surface area contributed by atoms with Gasteiger partial charge < -0.3 is 20.1 Å². The maximum Gasteiger partial charge on any atom is 0.411 e. The van der Waals surface area contributed by atoms with Crippen molar-refractivity contribution >= 4 is 50.5 Å². The van der Waals surface area contributed by atoms with Crippen LogP contribution < -0.4 is 14.8 Å². The van der Waals surface area contributed by atoms with Crippen LogP contribution in [0.2, 0.25) is 0 Å². The van der Waals surface area contributed by atoms with Crippen LogP contribution in [0.25, 0.3) is 16.7 Å². The number of sulfonamides is 1. The standard InChI is InChI=1S/C38H47F3N8O8S/c1-21-10-6-7-11-23-18-37(23,32(52)46-58(55,56)36(5)14-15-36)44-29(50)27-17-24(57-30-25-12-8-9-13-26(25)48-20-42-45-33(48)43-30)19-47(27)31(51)28(22(2)16-21)49(34(53)54)35(3,4)38(39,40)41/h7-9,11-13,20-24,27-28H,6,10,14-19H2,1-5H3,(H,44,50)(H,46,52)(H,53,54)/b11-7-/t21-,22-,23-,24-,27+,28+,37-/m1/s1. The van der Waals surface area contributed by atoms with E-state index in [1.165, 1.54) is 20.2 Å². The highest BCUT2D eigenvalue weighted by Crippen LogP contribution is 2.48. The number of nitrogens with zero attached hydrogens (tertiary/aromatic N) is 6. The van der Waals surface area contributed by atoms with Gasteiger partial charge in [-0.25, -0.2) is 13.2 Å². The molecule has 7 atom stereocenters. The Morgan fingerprint density at radius 1 is 1.12 bits per heavy atom. The van der Waals surface area contributed by atoms with Crippen LogP contribution >= 0.6 is 0 Å². The number of carbonyl (C=O) groups is 4. The zero-order valence-electron chi connectivity index (χ0n) is 32.7. The van der Waals surface area contributed by atoms with E-state index in [1.54, 1.807) is 40.8 Å². The molecule has 2 saturated carbocycles. The fourth-order valence-corrected chi connectivity index (χ4v) is 9.63. The first-order valence-electron chi connectivity index (χ1n) is 19.3. The number of fused-ring (bicyclic) bond motifs is 5. The van der Waals surface area contributed by atoms with Crippen molar-refractivity contribution < 1.29 is 50.6 Å². The third-order valence-electron chi connectivity index (χ3n) is 12.4. The van der Waals surface area contributed by atoms with Crippen LogP contribution in [0.3, 0.4) is 0 Å². The number of nitrogens with one attached hydrogen (secondary N) is 2. The number of amides is 4. The average molecular weight is 833 g/mol. The molecule has 7 rings (SSSR count). The fourth-order valence-electron chi connectivity index (χ4n) is 8.32. The summed E-state index contributed by atoms with van der Waals surface area (Å²) < 4.78 is 79.6. The zero-order chi connectivity index (χ0) is 42.2. The van der Waals surface area contributed by atoms with E-state index in [0.717, 1.165) is 4.90 Å². The van der Waals surface area contributed by atoms with Gasteiger partial charge in [-0.15, -0.1) is 10.2 Å². The maximum atomic E-state index is 15.0. The van der Waals surface area contributed by atoms with Crippen molar-refractivity contribution in [3.63, 3.8) is 0 Å². The minimum absolute atomic E-state index is 0.0456. The highest BCUT2D eigenvalue weighted by Gasteiger charge is 2.64. The molecule has 1 aromatic carbocycles. The molecule has 2 aliphatic carbocycles. The first kappa shape index (κ1) is 41.2. The minimum atomic E-state index is -5.10. The molecule has 3 aromatic rings. The summed E-state index contributed by atoms with van der Waals surface area (Å²) in [6, 6.07) is 3.63. The Bertz CT molecular complexity index is 2300. The van der Waals surface area contributed by atoms with E-state index in [4.69, 9.17) is 4.74 Å². The summed E-state index contributed by atoms with van der Waals surface area (Å²) in [7, 11) is -4.12. The molecule has 0 bridgehead atoms. The number of rotatable bonds is 7. The lowest BCUT2D eigenvalue weighted by molar-refractivity contribution is -0.222. The number of halogens is 3. The van der Waals surface area contributed by atoms with Crippen LogP contribution in [0, 0.1) is 17.8 Å². The summed E-state index contributed by atoms with van der Waals surface area (Å²) in [6.45, 7) is 5.88. The Morgan fingerprint density at radius 2 is 1.83 bits per heavy atom. The number of allylic oxidation sites excluding steroid dienone is 1. The van der Waals surface area contributed by atoms with Crippen molar-refractivity contribution in [1.82, 2.24) is 39.4 Å². The molecule has 0 spiro atoms. The highest BCUT2D eigenvalue weighted by molar-refractivity contribution is 7.91. The number of hydrogen-bond donors (Lipinski definition) is 3. The molecule has 4 heterocycles. The van der Waals surface area contributed by atoms with Gasteiger partial charge in [-0.05, 0) is 83.3 Å². The topological polar surface area (TPSA) is 206 Å². The number of carbonyl (C=O) groups excluding carboxylic acids is 3. The Morgan fingerprint density at radius 3 is 2.50 bits per heavy atom. The number of ether oxygens (including phenoxy) is 1. The van der Waals surface area contributed by atoms with Gasteiger partial charge in [0.15, 0.2) is 0 Å². The summed E-state index contributed by atoms with van der Waals surface area (Å²) in [4.78, 5) is 62.1. The summed E-state index contributed by atoms with van der Waals surface area (Å²) in [5.41, 5.74) is -4.14. The second-order valence-corrected chi connectivity index (χ2v) is 19.2. The molecular formula is C38H47F3N8O8S. The number of hydrogen-bond acceptors (Lipinski definition) is 10. The van der Waals surface area contributed by atoms with Crippen LogP contribution in [0.15, 0.2) is 42.7 Å². The smallest absolute Gasteiger partial charge is 0.411 e. The summed E-state index contributed by atoms with van der Waals surface area (Å²) in [5.74, 6) is -4.40. The van der Waals surface area contributed by atoms with Crippen molar-refractivity contribution in [2.45, 2.75) is 120 Å². The predicted octanol–water partition coefficient (Wildman–Crippen LogP) is 4.20. The molecule has 4 aliphatic rings. The van der Waals surface area contributed by atoms with Gasteiger partial charge in [0.25, 0.3) is 11.7 Å². The van der Waals surface area contributed by atoms with Gasteiger partial charge >= 0.3 is 12.3 Å². The van der Waals surface area contributed by atoms with E-state index < -0.39 is 85.9 Å². The lowest BCUT2D eigenvalue weighted by Gasteiger charge is -2.45. The van der Waals surface area contributed by atoms with Crippen LogP contribution in [0.4, 0.5) is 18.0 Å². The molecule has 4 amide bonds. The normalized spacial score (nSPS) is 29.7. The third kappa shape index (κ3) is 7.20. The molecule has 0 unspecified atom stereocenters. The van der Waals surface area contributed by atoms with Gasteiger partial charge in [0.05, 0.1) is 22.2 Å².